The van der Waals surface area contributed by atoms with Crippen LogP contribution >= 0.6 is 0 Å². The molecule has 0 atom stereocenters. The molecule has 0 radical (unpaired) electrons. The third-order valence-corrected chi connectivity index (χ3v) is 4.53. The minimum Gasteiger partial charge on any atom is -0.378 e. The maximum atomic E-state index is 12.6. The van der Waals surface area contributed by atoms with Crippen LogP contribution in [0, 0.1) is 11.3 Å². The Morgan fingerprint density at radius 3 is 2.22 bits per heavy atom. The van der Waals surface area contributed by atoms with Gasteiger partial charge in [0.1, 0.15) is 0 Å². The molecular formula is C21H21N3O3. The summed E-state index contributed by atoms with van der Waals surface area (Å²) in [6, 6.07) is 16.0. The molecule has 2 amide bonds. The lowest BCUT2D eigenvalue weighted by molar-refractivity contribution is 0.0303. The average molecular weight is 363 g/mol. The van der Waals surface area contributed by atoms with Gasteiger partial charge in [-0.1, -0.05) is 12.1 Å². The number of hydrogen-bond donors (Lipinski definition) is 0. The summed E-state index contributed by atoms with van der Waals surface area (Å²) in [6.45, 7) is 2.74. The quantitative estimate of drug-likeness (QED) is 0.835. The molecule has 0 aliphatic carbocycles. The first-order chi connectivity index (χ1) is 13.1. The highest BCUT2D eigenvalue weighted by Crippen LogP contribution is 2.13. The van der Waals surface area contributed by atoms with Crippen LogP contribution in [-0.4, -0.2) is 55.0 Å². The van der Waals surface area contributed by atoms with E-state index >= 15 is 0 Å². The number of amides is 2. The first-order valence-electron chi connectivity index (χ1n) is 8.80. The van der Waals surface area contributed by atoms with Crippen LogP contribution < -0.4 is 0 Å². The van der Waals surface area contributed by atoms with Gasteiger partial charge in [-0.05, 0) is 42.0 Å². The lowest BCUT2D eigenvalue weighted by Gasteiger charge is -2.27. The zero-order valence-electron chi connectivity index (χ0n) is 15.2. The van der Waals surface area contributed by atoms with Crippen LogP contribution in [-0.2, 0) is 11.3 Å². The van der Waals surface area contributed by atoms with Crippen molar-refractivity contribution in [3.8, 4) is 6.07 Å². The molecule has 1 aliphatic heterocycles. The predicted octanol–water partition coefficient (Wildman–Crippen LogP) is 2.30. The van der Waals surface area contributed by atoms with Gasteiger partial charge in [0, 0.05) is 37.8 Å². The summed E-state index contributed by atoms with van der Waals surface area (Å²) in [4.78, 5) is 28.4. The van der Waals surface area contributed by atoms with E-state index < -0.39 is 0 Å². The number of carbonyl (C=O) groups excluding carboxylic acids is 2. The molecule has 3 rings (SSSR count). The van der Waals surface area contributed by atoms with E-state index in [1.807, 2.05) is 12.1 Å². The van der Waals surface area contributed by atoms with E-state index in [0.717, 1.165) is 5.56 Å². The molecule has 0 aromatic heterocycles. The van der Waals surface area contributed by atoms with Crippen LogP contribution in [0.5, 0.6) is 0 Å². The zero-order valence-corrected chi connectivity index (χ0v) is 15.2. The molecule has 0 N–H and O–H groups in total. The van der Waals surface area contributed by atoms with Crippen molar-refractivity contribution in [2.45, 2.75) is 6.54 Å². The summed E-state index contributed by atoms with van der Waals surface area (Å²) in [5, 5.41) is 8.84. The van der Waals surface area contributed by atoms with Gasteiger partial charge in [-0.3, -0.25) is 9.59 Å². The van der Waals surface area contributed by atoms with Crippen LogP contribution in [0.15, 0.2) is 48.5 Å². The molecule has 0 unspecified atom stereocenters. The van der Waals surface area contributed by atoms with Gasteiger partial charge in [0.25, 0.3) is 11.8 Å². The highest BCUT2D eigenvalue weighted by atomic mass is 16.5. The molecule has 0 saturated carbocycles. The highest BCUT2D eigenvalue weighted by molar-refractivity contribution is 5.97. The number of ether oxygens (including phenoxy) is 1. The Bertz CT molecular complexity index is 848. The number of morpholine rings is 1. The second-order valence-electron chi connectivity index (χ2n) is 6.45. The Morgan fingerprint density at radius 2 is 1.63 bits per heavy atom. The van der Waals surface area contributed by atoms with Gasteiger partial charge < -0.3 is 14.5 Å². The van der Waals surface area contributed by atoms with Crippen molar-refractivity contribution in [1.82, 2.24) is 9.80 Å². The lowest BCUT2D eigenvalue weighted by Crippen LogP contribution is -2.40. The standard InChI is InChI=1S/C21H21N3O3/c1-23(15-17-4-2-16(14-22)3-5-17)20(25)18-6-8-19(9-7-18)21(26)24-10-12-27-13-11-24/h2-9H,10-13,15H2,1H3. The normalized spacial score (nSPS) is 13.7. The molecular weight excluding hydrogens is 342 g/mol. The first kappa shape index (κ1) is 18.6. The van der Waals surface area contributed by atoms with Crippen molar-refractivity contribution in [3.63, 3.8) is 0 Å². The van der Waals surface area contributed by atoms with E-state index in [1.165, 1.54) is 0 Å². The fraction of sp³-hybridized carbons (Fsp3) is 0.286. The van der Waals surface area contributed by atoms with Crippen molar-refractivity contribution in [3.05, 3.63) is 70.8 Å². The van der Waals surface area contributed by atoms with Crippen LogP contribution in [0.4, 0.5) is 0 Å². The molecule has 2 aromatic carbocycles. The molecule has 0 bridgehead atoms. The van der Waals surface area contributed by atoms with Crippen LogP contribution in [0.25, 0.3) is 0 Å². The van der Waals surface area contributed by atoms with Gasteiger partial charge in [0.15, 0.2) is 0 Å². The van der Waals surface area contributed by atoms with Crippen molar-refractivity contribution < 1.29 is 14.3 Å². The second kappa shape index (κ2) is 8.47. The Hall–Kier alpha value is -3.17. The average Bonchev–Trinajstić information content (AvgIpc) is 2.74. The molecule has 1 aliphatic rings. The SMILES string of the molecule is CN(Cc1ccc(C#N)cc1)C(=O)c1ccc(C(=O)N2CCOCC2)cc1. The largest absolute Gasteiger partial charge is 0.378 e. The maximum absolute atomic E-state index is 12.6. The summed E-state index contributed by atoms with van der Waals surface area (Å²) in [7, 11) is 1.73. The number of benzene rings is 2. The number of rotatable bonds is 4. The molecule has 138 valence electrons. The van der Waals surface area contributed by atoms with Crippen molar-refractivity contribution in [2.24, 2.45) is 0 Å². The van der Waals surface area contributed by atoms with E-state index in [2.05, 4.69) is 6.07 Å². The van der Waals surface area contributed by atoms with Gasteiger partial charge in [-0.15, -0.1) is 0 Å². The smallest absolute Gasteiger partial charge is 0.254 e. The highest BCUT2D eigenvalue weighted by Gasteiger charge is 2.19. The number of nitrogens with zero attached hydrogens (tertiary/aromatic N) is 3. The zero-order chi connectivity index (χ0) is 19.2. The molecule has 6 nitrogen and oxygen atoms in total. The Labute approximate surface area is 158 Å². The topological polar surface area (TPSA) is 73.6 Å². The number of carbonyl (C=O) groups is 2. The summed E-state index contributed by atoms with van der Waals surface area (Å²) in [6.07, 6.45) is 0. The third kappa shape index (κ3) is 4.52. The monoisotopic (exact) mass is 363 g/mol. The van der Waals surface area contributed by atoms with E-state index in [0.29, 0.717) is 49.5 Å². The second-order valence-corrected chi connectivity index (χ2v) is 6.45. The fourth-order valence-electron chi connectivity index (χ4n) is 2.96. The Kier molecular flexibility index (Phi) is 5.84. The van der Waals surface area contributed by atoms with Gasteiger partial charge in [0.2, 0.25) is 0 Å². The number of hydrogen-bond acceptors (Lipinski definition) is 4. The summed E-state index contributed by atoms with van der Waals surface area (Å²) < 4.78 is 5.26. The van der Waals surface area contributed by atoms with Gasteiger partial charge in [-0.2, -0.15) is 5.26 Å². The van der Waals surface area contributed by atoms with E-state index in [1.54, 1.807) is 53.2 Å². The molecule has 2 aromatic rings. The van der Waals surface area contributed by atoms with E-state index in [4.69, 9.17) is 10.00 Å². The molecule has 0 spiro atoms. The van der Waals surface area contributed by atoms with E-state index in [-0.39, 0.29) is 11.8 Å². The van der Waals surface area contributed by atoms with Gasteiger partial charge in [0.05, 0.1) is 24.8 Å². The Morgan fingerprint density at radius 1 is 1.04 bits per heavy atom. The first-order valence-corrected chi connectivity index (χ1v) is 8.80. The lowest BCUT2D eigenvalue weighted by atomic mass is 10.1. The van der Waals surface area contributed by atoms with Crippen LogP contribution in [0.1, 0.15) is 31.8 Å². The van der Waals surface area contributed by atoms with Gasteiger partial charge in [-0.25, -0.2) is 0 Å². The predicted molar refractivity (Wildman–Crippen MR) is 100 cm³/mol. The molecule has 1 fully saturated rings. The third-order valence-electron chi connectivity index (χ3n) is 4.53. The molecule has 1 heterocycles. The molecule has 6 heteroatoms. The van der Waals surface area contributed by atoms with Crippen LogP contribution in [0.3, 0.4) is 0 Å². The Balaban J connectivity index is 1.63. The minimum atomic E-state index is -0.121. The minimum absolute atomic E-state index is 0.0387. The maximum Gasteiger partial charge on any atom is 0.254 e. The number of nitriles is 1. The molecule has 1 saturated heterocycles. The van der Waals surface area contributed by atoms with Crippen molar-refractivity contribution in [2.75, 3.05) is 33.4 Å². The summed E-state index contributed by atoms with van der Waals surface area (Å²) in [5.41, 5.74) is 2.64. The molecule has 27 heavy (non-hydrogen) atoms. The summed E-state index contributed by atoms with van der Waals surface area (Å²) in [5.74, 6) is -0.159. The van der Waals surface area contributed by atoms with Gasteiger partial charge >= 0.3 is 0 Å². The van der Waals surface area contributed by atoms with Crippen molar-refractivity contribution in [1.29, 1.82) is 5.26 Å². The van der Waals surface area contributed by atoms with Crippen molar-refractivity contribution >= 4 is 11.8 Å². The fourth-order valence-corrected chi connectivity index (χ4v) is 2.96. The summed E-state index contributed by atoms with van der Waals surface area (Å²) >= 11 is 0. The van der Waals surface area contributed by atoms with E-state index in [9.17, 15) is 9.59 Å². The van der Waals surface area contributed by atoms with Crippen LogP contribution in [0.2, 0.25) is 0 Å².